The molecule has 0 aromatic rings. The number of carbonyl (C=O) groups is 1. The normalized spacial score (nSPS) is 10.1. The molecule has 83 valence electrons. The molecule has 0 spiro atoms. The Hall–Kier alpha value is -0.180. The quantitative estimate of drug-likeness (QED) is 0.436. The Kier molecular flexibility index (Phi) is 10.8. The van der Waals surface area contributed by atoms with Gasteiger partial charge in [0.15, 0.2) is 0 Å². The molecular weight excluding hydrogens is 196 g/mol. The molecular formula is C11H21O2S. The van der Waals surface area contributed by atoms with Crippen LogP contribution in [0.25, 0.3) is 0 Å². The summed E-state index contributed by atoms with van der Waals surface area (Å²) in [5.41, 5.74) is 0. The lowest BCUT2D eigenvalue weighted by Gasteiger charge is -2.03. The molecule has 0 atom stereocenters. The first-order chi connectivity index (χ1) is 6.81. The molecule has 0 fully saturated rings. The van der Waals surface area contributed by atoms with E-state index in [-0.39, 0.29) is 5.97 Å². The molecule has 3 heteroatoms. The maximum Gasteiger partial charge on any atom is 0.306 e. The monoisotopic (exact) mass is 217 g/mol. The Morgan fingerprint density at radius 3 is 2.43 bits per heavy atom. The van der Waals surface area contributed by atoms with Gasteiger partial charge in [0.25, 0.3) is 0 Å². The van der Waals surface area contributed by atoms with Crippen LogP contribution in [0.2, 0.25) is 0 Å². The summed E-state index contributed by atoms with van der Waals surface area (Å²) in [5.74, 6) is 0.323. The Morgan fingerprint density at radius 1 is 1.14 bits per heavy atom. The van der Waals surface area contributed by atoms with Gasteiger partial charge in [-0.25, -0.2) is 0 Å². The Balaban J connectivity index is 3.01. The topological polar surface area (TPSA) is 26.3 Å². The lowest BCUT2D eigenvalue weighted by molar-refractivity contribution is -0.143. The maximum absolute atomic E-state index is 10.9. The van der Waals surface area contributed by atoms with Crippen LogP contribution in [0.15, 0.2) is 0 Å². The summed E-state index contributed by atoms with van der Waals surface area (Å²) in [6.45, 7) is 2.77. The van der Waals surface area contributed by atoms with Gasteiger partial charge in [-0.05, 0) is 6.42 Å². The van der Waals surface area contributed by atoms with Crippen LogP contribution in [0.4, 0.5) is 0 Å². The Labute approximate surface area is 92.8 Å². The van der Waals surface area contributed by atoms with Crippen molar-refractivity contribution in [2.45, 2.75) is 51.9 Å². The third-order valence-corrected chi connectivity index (χ3v) is 2.27. The van der Waals surface area contributed by atoms with E-state index in [1.165, 1.54) is 32.1 Å². The number of carbonyl (C=O) groups excluding carboxylic acids is 1. The number of esters is 1. The molecule has 14 heavy (non-hydrogen) atoms. The number of ether oxygens (including phenoxy) is 1. The molecule has 0 bridgehead atoms. The Morgan fingerprint density at radius 2 is 1.79 bits per heavy atom. The molecule has 1 radical (unpaired) electrons. The van der Waals surface area contributed by atoms with Crippen LogP contribution in [0, 0.1) is 0 Å². The zero-order chi connectivity index (χ0) is 10.6. The largest absolute Gasteiger partial charge is 0.466 e. The van der Waals surface area contributed by atoms with E-state index < -0.39 is 0 Å². The van der Waals surface area contributed by atoms with Crippen molar-refractivity contribution in [2.75, 3.05) is 12.4 Å². The summed E-state index contributed by atoms with van der Waals surface area (Å²) in [6.07, 6.45) is 7.69. The van der Waals surface area contributed by atoms with Crippen molar-refractivity contribution in [3.05, 3.63) is 0 Å². The van der Waals surface area contributed by atoms with Crippen molar-refractivity contribution in [3.63, 3.8) is 0 Å². The highest BCUT2D eigenvalue weighted by atomic mass is 32.1. The van der Waals surface area contributed by atoms with Crippen molar-refractivity contribution in [1.82, 2.24) is 0 Å². The number of rotatable bonds is 9. The minimum absolute atomic E-state index is 0.145. The van der Waals surface area contributed by atoms with Crippen molar-refractivity contribution in [1.29, 1.82) is 0 Å². The lowest BCUT2D eigenvalue weighted by atomic mass is 10.1. The SMILES string of the molecule is CCCCCCCCOC(=O)CC[S]. The fourth-order valence-electron chi connectivity index (χ4n) is 1.22. The molecule has 0 aliphatic carbocycles. The van der Waals surface area contributed by atoms with E-state index >= 15 is 0 Å². The highest BCUT2D eigenvalue weighted by Gasteiger charge is 1.99. The van der Waals surface area contributed by atoms with Gasteiger partial charge in [0.05, 0.1) is 13.0 Å². The summed E-state index contributed by atoms with van der Waals surface area (Å²) < 4.78 is 4.98. The molecule has 0 saturated heterocycles. The first-order valence-electron chi connectivity index (χ1n) is 5.55. The molecule has 0 saturated carbocycles. The maximum atomic E-state index is 10.9. The Bertz CT molecular complexity index is 137. The van der Waals surface area contributed by atoms with Gasteiger partial charge in [-0.15, -0.1) is 0 Å². The zero-order valence-corrected chi connectivity index (χ0v) is 9.91. The minimum atomic E-state index is -0.145. The van der Waals surface area contributed by atoms with E-state index in [2.05, 4.69) is 19.6 Å². The average molecular weight is 217 g/mol. The molecule has 2 nitrogen and oxygen atoms in total. The molecule has 0 aliphatic heterocycles. The summed E-state index contributed by atoms with van der Waals surface area (Å²) >= 11 is 4.68. The van der Waals surface area contributed by atoms with E-state index in [9.17, 15) is 4.79 Å². The summed E-state index contributed by atoms with van der Waals surface area (Å²) in [4.78, 5) is 10.9. The van der Waals surface area contributed by atoms with Gasteiger partial charge in [0, 0.05) is 5.75 Å². The van der Waals surface area contributed by atoms with Crippen molar-refractivity contribution < 1.29 is 9.53 Å². The highest BCUT2D eigenvalue weighted by molar-refractivity contribution is 7.80. The van der Waals surface area contributed by atoms with Crippen LogP contribution in [-0.4, -0.2) is 18.3 Å². The van der Waals surface area contributed by atoms with E-state index in [1.54, 1.807) is 0 Å². The van der Waals surface area contributed by atoms with Gasteiger partial charge in [-0.3, -0.25) is 4.79 Å². The third-order valence-electron chi connectivity index (χ3n) is 2.07. The number of unbranched alkanes of at least 4 members (excludes halogenated alkanes) is 5. The van der Waals surface area contributed by atoms with Gasteiger partial charge in [0.2, 0.25) is 0 Å². The fourth-order valence-corrected chi connectivity index (χ4v) is 1.39. The highest BCUT2D eigenvalue weighted by Crippen LogP contribution is 2.05. The zero-order valence-electron chi connectivity index (χ0n) is 9.09. The van der Waals surface area contributed by atoms with Gasteiger partial charge < -0.3 is 4.74 Å². The van der Waals surface area contributed by atoms with Crippen LogP contribution in [0.1, 0.15) is 51.9 Å². The lowest BCUT2D eigenvalue weighted by Crippen LogP contribution is -2.06. The van der Waals surface area contributed by atoms with Crippen LogP contribution in [0.5, 0.6) is 0 Å². The molecule has 0 amide bonds. The van der Waals surface area contributed by atoms with E-state index in [1.807, 2.05) is 0 Å². The molecule has 0 aliphatic rings. The number of hydrogen-bond donors (Lipinski definition) is 0. The second kappa shape index (κ2) is 10.9. The minimum Gasteiger partial charge on any atom is -0.466 e. The second-order valence-corrected chi connectivity index (χ2v) is 3.85. The summed E-state index contributed by atoms with van der Waals surface area (Å²) in [7, 11) is 0. The van der Waals surface area contributed by atoms with E-state index in [4.69, 9.17) is 4.74 Å². The van der Waals surface area contributed by atoms with Gasteiger partial charge in [0.1, 0.15) is 0 Å². The molecule has 0 unspecified atom stereocenters. The van der Waals surface area contributed by atoms with Crippen LogP contribution < -0.4 is 0 Å². The van der Waals surface area contributed by atoms with Crippen LogP contribution in [0.3, 0.4) is 0 Å². The first-order valence-corrected chi connectivity index (χ1v) is 6.12. The van der Waals surface area contributed by atoms with Crippen molar-refractivity contribution in [2.24, 2.45) is 0 Å². The smallest absolute Gasteiger partial charge is 0.306 e. The van der Waals surface area contributed by atoms with E-state index in [0.717, 1.165) is 6.42 Å². The van der Waals surface area contributed by atoms with Gasteiger partial charge in [-0.2, -0.15) is 0 Å². The summed E-state index contributed by atoms with van der Waals surface area (Å²) in [6, 6.07) is 0. The average Bonchev–Trinajstić information content (AvgIpc) is 2.17. The molecule has 0 heterocycles. The predicted octanol–water partition coefficient (Wildman–Crippen LogP) is 3.48. The third kappa shape index (κ3) is 9.90. The predicted molar refractivity (Wildman–Crippen MR) is 61.4 cm³/mol. The first kappa shape index (κ1) is 13.8. The van der Waals surface area contributed by atoms with Gasteiger partial charge in [-0.1, -0.05) is 51.7 Å². The molecule has 0 aromatic heterocycles. The van der Waals surface area contributed by atoms with Gasteiger partial charge >= 0.3 is 5.97 Å². The van der Waals surface area contributed by atoms with E-state index in [0.29, 0.717) is 18.8 Å². The molecule has 0 aromatic carbocycles. The second-order valence-electron chi connectivity index (χ2n) is 3.44. The molecule has 0 rings (SSSR count). The standard InChI is InChI=1S/C11H21O2S/c1-2-3-4-5-6-7-9-13-11(12)8-10-14/h2-10H2,1H3. The fraction of sp³-hybridized carbons (Fsp3) is 0.909. The van der Waals surface area contributed by atoms with Crippen LogP contribution >= 0.6 is 12.6 Å². The summed E-state index contributed by atoms with van der Waals surface area (Å²) in [5, 5.41) is 0. The number of hydrogen-bond acceptors (Lipinski definition) is 2. The van der Waals surface area contributed by atoms with Crippen molar-refractivity contribution in [3.8, 4) is 0 Å². The van der Waals surface area contributed by atoms with Crippen molar-refractivity contribution >= 4 is 18.6 Å². The van der Waals surface area contributed by atoms with Crippen LogP contribution in [-0.2, 0) is 9.53 Å². The molecule has 0 N–H and O–H groups in total.